The Balaban J connectivity index is 2.28. The average Bonchev–Trinajstić information content (AvgIpc) is 2.68. The summed E-state index contributed by atoms with van der Waals surface area (Å²) in [5, 5.41) is 9.41. The molecule has 1 saturated heterocycles. The normalized spacial score (nSPS) is 33.2. The molecule has 1 aliphatic carbocycles. The maximum Gasteiger partial charge on any atom is 0.311 e. The fraction of sp³-hybridized carbons (Fsp3) is 0.667. The second-order valence-corrected chi connectivity index (χ2v) is 4.71. The van der Waals surface area contributed by atoms with Gasteiger partial charge in [0, 0.05) is 12.6 Å². The summed E-state index contributed by atoms with van der Waals surface area (Å²) < 4.78 is 0. The molecule has 2 atom stereocenters. The Hall–Kier alpha value is -1.32. The van der Waals surface area contributed by atoms with E-state index in [0.717, 1.165) is 19.3 Å². The highest BCUT2D eigenvalue weighted by atomic mass is 16.4. The molecule has 1 amide bonds. The van der Waals surface area contributed by atoms with Crippen LogP contribution in [0.15, 0.2) is 12.7 Å². The van der Waals surface area contributed by atoms with Crippen LogP contribution in [0.4, 0.5) is 0 Å². The molecule has 16 heavy (non-hydrogen) atoms. The zero-order valence-electron chi connectivity index (χ0n) is 9.32. The van der Waals surface area contributed by atoms with Crippen LogP contribution < -0.4 is 0 Å². The molecule has 2 rings (SSSR count). The van der Waals surface area contributed by atoms with Gasteiger partial charge in [0.2, 0.25) is 5.91 Å². The highest BCUT2D eigenvalue weighted by Crippen LogP contribution is 2.47. The summed E-state index contributed by atoms with van der Waals surface area (Å²) in [6.07, 6.45) is 5.36. The second kappa shape index (κ2) is 3.92. The van der Waals surface area contributed by atoms with Crippen LogP contribution in [0.1, 0.15) is 32.1 Å². The lowest BCUT2D eigenvalue weighted by Gasteiger charge is -2.38. The third-order valence-electron chi connectivity index (χ3n) is 4.05. The van der Waals surface area contributed by atoms with Crippen molar-refractivity contribution in [3.63, 3.8) is 0 Å². The predicted octanol–water partition coefficient (Wildman–Crippen LogP) is 1.42. The molecule has 0 aromatic rings. The van der Waals surface area contributed by atoms with Crippen molar-refractivity contribution in [2.45, 2.75) is 38.1 Å². The Morgan fingerprint density at radius 3 is 2.75 bits per heavy atom. The lowest BCUT2D eigenvalue weighted by molar-refractivity contribution is -0.153. The van der Waals surface area contributed by atoms with Crippen molar-refractivity contribution in [3.05, 3.63) is 12.7 Å². The van der Waals surface area contributed by atoms with Gasteiger partial charge >= 0.3 is 5.97 Å². The number of carbonyl (C=O) groups is 2. The first-order chi connectivity index (χ1) is 7.62. The summed E-state index contributed by atoms with van der Waals surface area (Å²) in [5.41, 5.74) is -0.684. The number of hydrogen-bond acceptors (Lipinski definition) is 2. The zero-order chi connectivity index (χ0) is 11.8. The molecule has 0 bridgehead atoms. The summed E-state index contributed by atoms with van der Waals surface area (Å²) in [4.78, 5) is 24.8. The molecule has 0 unspecified atom stereocenters. The fourth-order valence-electron chi connectivity index (χ4n) is 3.18. The number of fused-ring (bicyclic) bond motifs is 1. The van der Waals surface area contributed by atoms with Crippen molar-refractivity contribution in [1.82, 2.24) is 4.90 Å². The van der Waals surface area contributed by atoms with Crippen molar-refractivity contribution in [2.75, 3.05) is 6.54 Å². The lowest BCUT2D eigenvalue weighted by Crippen LogP contribution is -2.48. The van der Waals surface area contributed by atoms with Crippen LogP contribution in [0.2, 0.25) is 0 Å². The highest BCUT2D eigenvalue weighted by Gasteiger charge is 2.54. The van der Waals surface area contributed by atoms with E-state index in [1.807, 2.05) is 0 Å². The van der Waals surface area contributed by atoms with E-state index in [4.69, 9.17) is 0 Å². The van der Waals surface area contributed by atoms with Crippen molar-refractivity contribution in [1.29, 1.82) is 0 Å². The summed E-state index contributed by atoms with van der Waals surface area (Å²) in [6.45, 7) is 4.03. The summed E-state index contributed by atoms with van der Waals surface area (Å²) in [6, 6.07) is -0.121. The van der Waals surface area contributed by atoms with Crippen molar-refractivity contribution in [2.24, 2.45) is 5.41 Å². The van der Waals surface area contributed by atoms with Gasteiger partial charge in [-0.2, -0.15) is 0 Å². The van der Waals surface area contributed by atoms with Crippen molar-refractivity contribution < 1.29 is 14.7 Å². The molecule has 88 valence electrons. The van der Waals surface area contributed by atoms with Crippen molar-refractivity contribution in [3.8, 4) is 0 Å². The maximum absolute atomic E-state index is 11.6. The number of carboxylic acids is 1. The molecule has 1 saturated carbocycles. The molecule has 1 heterocycles. The van der Waals surface area contributed by atoms with E-state index in [0.29, 0.717) is 19.4 Å². The van der Waals surface area contributed by atoms with Gasteiger partial charge in [-0.25, -0.2) is 0 Å². The van der Waals surface area contributed by atoms with Crippen LogP contribution in [0.5, 0.6) is 0 Å². The quantitative estimate of drug-likeness (QED) is 0.720. The molecule has 0 spiro atoms. The monoisotopic (exact) mass is 223 g/mol. The van der Waals surface area contributed by atoms with Gasteiger partial charge in [0.25, 0.3) is 0 Å². The molecule has 0 radical (unpaired) electrons. The van der Waals surface area contributed by atoms with Gasteiger partial charge in [0.05, 0.1) is 5.41 Å². The van der Waals surface area contributed by atoms with E-state index in [2.05, 4.69) is 6.58 Å². The van der Waals surface area contributed by atoms with E-state index in [1.54, 1.807) is 4.90 Å². The number of rotatable bonds is 2. The molecular formula is C12H17NO3. The Morgan fingerprint density at radius 1 is 1.38 bits per heavy atom. The van der Waals surface area contributed by atoms with Crippen LogP contribution in [-0.2, 0) is 9.59 Å². The molecule has 4 heteroatoms. The first-order valence-corrected chi connectivity index (χ1v) is 5.78. The Labute approximate surface area is 94.9 Å². The minimum absolute atomic E-state index is 0.121. The highest BCUT2D eigenvalue weighted by molar-refractivity contribution is 5.89. The Bertz CT molecular complexity index is 339. The van der Waals surface area contributed by atoms with Crippen LogP contribution in [0, 0.1) is 5.41 Å². The van der Waals surface area contributed by atoms with E-state index >= 15 is 0 Å². The molecule has 1 aliphatic heterocycles. The third kappa shape index (κ3) is 1.44. The van der Waals surface area contributed by atoms with Crippen LogP contribution in [-0.4, -0.2) is 34.5 Å². The smallest absolute Gasteiger partial charge is 0.311 e. The molecule has 1 N–H and O–H groups in total. The molecule has 2 fully saturated rings. The molecule has 2 aliphatic rings. The Kier molecular flexibility index (Phi) is 2.74. The molecular weight excluding hydrogens is 206 g/mol. The second-order valence-electron chi connectivity index (χ2n) is 4.71. The van der Waals surface area contributed by atoms with E-state index < -0.39 is 11.4 Å². The fourth-order valence-corrected chi connectivity index (χ4v) is 3.18. The number of carbonyl (C=O) groups excluding carboxylic acids is 1. The first-order valence-electron chi connectivity index (χ1n) is 5.78. The summed E-state index contributed by atoms with van der Waals surface area (Å²) in [5.74, 6) is -0.869. The molecule has 0 aromatic heterocycles. The van der Waals surface area contributed by atoms with Crippen molar-refractivity contribution >= 4 is 11.9 Å². The van der Waals surface area contributed by atoms with Gasteiger partial charge < -0.3 is 10.0 Å². The minimum atomic E-state index is -0.739. The third-order valence-corrected chi connectivity index (χ3v) is 4.05. The van der Waals surface area contributed by atoms with Crippen LogP contribution in [0.3, 0.4) is 0 Å². The van der Waals surface area contributed by atoms with E-state index in [1.165, 1.54) is 6.08 Å². The number of amides is 1. The van der Waals surface area contributed by atoms with Gasteiger partial charge in [-0.05, 0) is 25.3 Å². The summed E-state index contributed by atoms with van der Waals surface area (Å²) in [7, 11) is 0. The van der Waals surface area contributed by atoms with Gasteiger partial charge in [-0.3, -0.25) is 9.59 Å². The minimum Gasteiger partial charge on any atom is -0.481 e. The van der Waals surface area contributed by atoms with E-state index in [-0.39, 0.29) is 11.9 Å². The van der Waals surface area contributed by atoms with E-state index in [9.17, 15) is 14.7 Å². The number of hydrogen-bond donors (Lipinski definition) is 1. The lowest BCUT2D eigenvalue weighted by atomic mass is 9.70. The average molecular weight is 223 g/mol. The van der Waals surface area contributed by atoms with Gasteiger partial charge in [0.15, 0.2) is 0 Å². The van der Waals surface area contributed by atoms with Gasteiger partial charge in [0.1, 0.15) is 0 Å². The number of carboxylic acid groups (broad SMARTS) is 1. The largest absolute Gasteiger partial charge is 0.481 e. The topological polar surface area (TPSA) is 57.6 Å². The maximum atomic E-state index is 11.6. The number of nitrogens with zero attached hydrogens (tertiary/aromatic N) is 1. The Morgan fingerprint density at radius 2 is 2.12 bits per heavy atom. The number of aliphatic carboxylic acids is 1. The van der Waals surface area contributed by atoms with Crippen LogP contribution >= 0.6 is 0 Å². The summed E-state index contributed by atoms with van der Waals surface area (Å²) >= 11 is 0. The van der Waals surface area contributed by atoms with Crippen LogP contribution in [0.25, 0.3) is 0 Å². The SMILES string of the molecule is C=CC(=O)N1CC[C@]2(C(=O)O)CCCC[C@H]12. The number of likely N-dealkylation sites (tertiary alicyclic amines) is 1. The van der Waals surface area contributed by atoms with Gasteiger partial charge in [-0.15, -0.1) is 0 Å². The predicted molar refractivity (Wildman–Crippen MR) is 58.9 cm³/mol. The zero-order valence-corrected chi connectivity index (χ0v) is 9.32. The molecule has 4 nitrogen and oxygen atoms in total. The first kappa shape index (κ1) is 11.2. The standard InChI is InChI=1S/C12H17NO3/c1-2-10(14)13-8-7-12(11(15)16)6-4-3-5-9(12)13/h2,9H,1,3-8H2,(H,15,16)/t9-,12+/m0/s1. The van der Waals surface area contributed by atoms with Gasteiger partial charge in [-0.1, -0.05) is 19.4 Å². The molecule has 0 aromatic carbocycles.